The SMILES string of the molecule is CN=C(c1c(C)cccc1NC(=O)c1cnc2cc(OCCN3CCCC3)ccn12)C1CC1. The number of carbonyl (C=O) groups excluding carboxylic acids is 1. The highest BCUT2D eigenvalue weighted by atomic mass is 16.5. The summed E-state index contributed by atoms with van der Waals surface area (Å²) in [7, 11) is 1.83. The summed E-state index contributed by atoms with van der Waals surface area (Å²) < 4.78 is 7.73. The molecule has 1 aliphatic carbocycles. The second-order valence-corrected chi connectivity index (χ2v) is 8.97. The molecule has 1 saturated heterocycles. The van der Waals surface area contributed by atoms with Crippen molar-refractivity contribution in [3.63, 3.8) is 0 Å². The van der Waals surface area contributed by atoms with Gasteiger partial charge < -0.3 is 10.1 Å². The van der Waals surface area contributed by atoms with Gasteiger partial charge in [-0.05, 0) is 63.4 Å². The second-order valence-electron chi connectivity index (χ2n) is 8.97. The molecular weight excluding hydrogens is 414 g/mol. The maximum Gasteiger partial charge on any atom is 0.274 e. The lowest BCUT2D eigenvalue weighted by atomic mass is 9.98. The minimum atomic E-state index is -0.191. The van der Waals surface area contributed by atoms with E-state index in [1.165, 1.54) is 12.8 Å². The molecule has 1 N–H and O–H groups in total. The predicted octanol–water partition coefficient (Wildman–Crippen LogP) is 4.20. The maximum atomic E-state index is 13.2. The van der Waals surface area contributed by atoms with Crippen LogP contribution in [0.4, 0.5) is 5.69 Å². The minimum Gasteiger partial charge on any atom is -0.492 e. The van der Waals surface area contributed by atoms with Crippen molar-refractivity contribution in [3.05, 3.63) is 59.5 Å². The summed E-state index contributed by atoms with van der Waals surface area (Å²) in [5.74, 6) is 1.07. The van der Waals surface area contributed by atoms with Gasteiger partial charge in [-0.25, -0.2) is 4.98 Å². The zero-order valence-electron chi connectivity index (χ0n) is 19.4. The lowest BCUT2D eigenvalue weighted by molar-refractivity contribution is 0.102. The Labute approximate surface area is 194 Å². The van der Waals surface area contributed by atoms with Gasteiger partial charge in [0, 0.05) is 43.0 Å². The number of fused-ring (bicyclic) bond motifs is 1. The molecule has 3 aromatic rings. The molecule has 2 aliphatic rings. The lowest BCUT2D eigenvalue weighted by Gasteiger charge is -2.16. The van der Waals surface area contributed by atoms with Gasteiger partial charge in [-0.3, -0.25) is 19.1 Å². The van der Waals surface area contributed by atoms with Gasteiger partial charge in [0.2, 0.25) is 0 Å². The Hall–Kier alpha value is -3.19. The summed E-state index contributed by atoms with van der Waals surface area (Å²) in [6.07, 6.45) is 8.34. The zero-order valence-corrected chi connectivity index (χ0v) is 19.4. The number of nitrogens with one attached hydrogen (secondary N) is 1. The predicted molar refractivity (Wildman–Crippen MR) is 131 cm³/mol. The average molecular weight is 446 g/mol. The van der Waals surface area contributed by atoms with Crippen LogP contribution in [-0.2, 0) is 0 Å². The minimum absolute atomic E-state index is 0.191. The number of pyridine rings is 1. The molecule has 0 spiro atoms. The number of ether oxygens (including phenoxy) is 1. The molecule has 3 heterocycles. The van der Waals surface area contributed by atoms with E-state index in [0.29, 0.717) is 23.9 Å². The van der Waals surface area contributed by atoms with E-state index in [-0.39, 0.29) is 5.91 Å². The van der Waals surface area contributed by atoms with Crippen LogP contribution in [0.3, 0.4) is 0 Å². The van der Waals surface area contributed by atoms with E-state index in [0.717, 1.165) is 60.8 Å². The number of carbonyl (C=O) groups is 1. The van der Waals surface area contributed by atoms with E-state index in [2.05, 4.69) is 33.2 Å². The Kier molecular flexibility index (Phi) is 6.13. The third-order valence-corrected chi connectivity index (χ3v) is 6.57. The average Bonchev–Trinajstić information content (AvgIpc) is 3.34. The van der Waals surface area contributed by atoms with E-state index in [1.807, 2.05) is 37.5 Å². The number of benzene rings is 1. The Morgan fingerprint density at radius 3 is 2.82 bits per heavy atom. The highest BCUT2D eigenvalue weighted by Gasteiger charge is 2.30. The van der Waals surface area contributed by atoms with Crippen LogP contribution in [0.1, 0.15) is 47.3 Å². The molecule has 0 radical (unpaired) electrons. The highest BCUT2D eigenvalue weighted by Crippen LogP contribution is 2.36. The van der Waals surface area contributed by atoms with Gasteiger partial charge in [0.25, 0.3) is 5.91 Å². The largest absolute Gasteiger partial charge is 0.492 e. The Morgan fingerprint density at radius 1 is 1.24 bits per heavy atom. The number of hydrogen-bond donors (Lipinski definition) is 1. The third kappa shape index (κ3) is 4.64. The molecule has 1 aliphatic heterocycles. The molecule has 5 rings (SSSR count). The van der Waals surface area contributed by atoms with Crippen molar-refractivity contribution in [1.82, 2.24) is 14.3 Å². The van der Waals surface area contributed by atoms with Crippen LogP contribution < -0.4 is 10.1 Å². The fourth-order valence-electron chi connectivity index (χ4n) is 4.67. The number of hydrogen-bond acceptors (Lipinski definition) is 5. The third-order valence-electron chi connectivity index (χ3n) is 6.57. The first-order valence-electron chi connectivity index (χ1n) is 11.8. The van der Waals surface area contributed by atoms with E-state index in [9.17, 15) is 4.79 Å². The van der Waals surface area contributed by atoms with Crippen molar-refractivity contribution in [2.45, 2.75) is 32.6 Å². The number of anilines is 1. The number of rotatable bonds is 8. The molecular formula is C26H31N5O2. The normalized spacial score (nSPS) is 17.0. The van der Waals surface area contributed by atoms with Crippen LogP contribution in [0.25, 0.3) is 5.65 Å². The number of amides is 1. The monoisotopic (exact) mass is 445 g/mol. The van der Waals surface area contributed by atoms with Crippen molar-refractivity contribution in [1.29, 1.82) is 0 Å². The molecule has 7 nitrogen and oxygen atoms in total. The van der Waals surface area contributed by atoms with Crippen LogP contribution in [0.5, 0.6) is 5.75 Å². The summed E-state index contributed by atoms with van der Waals surface area (Å²) in [5, 5.41) is 3.11. The zero-order chi connectivity index (χ0) is 22.8. The van der Waals surface area contributed by atoms with Gasteiger partial charge in [0.05, 0.1) is 11.9 Å². The first-order valence-corrected chi connectivity index (χ1v) is 11.8. The fraction of sp³-hybridized carbons (Fsp3) is 0.423. The Bertz CT molecular complexity index is 1190. The van der Waals surface area contributed by atoms with Gasteiger partial charge in [0.15, 0.2) is 0 Å². The molecule has 1 aromatic carbocycles. The molecule has 172 valence electrons. The molecule has 0 bridgehead atoms. The van der Waals surface area contributed by atoms with Crippen LogP contribution >= 0.6 is 0 Å². The number of nitrogens with zero attached hydrogens (tertiary/aromatic N) is 4. The van der Waals surface area contributed by atoms with Gasteiger partial charge in [-0.2, -0.15) is 0 Å². The molecule has 2 fully saturated rings. The summed E-state index contributed by atoms with van der Waals surface area (Å²) in [6, 6.07) is 9.76. The summed E-state index contributed by atoms with van der Waals surface area (Å²) >= 11 is 0. The van der Waals surface area contributed by atoms with Crippen LogP contribution in [-0.4, -0.2) is 59.2 Å². The van der Waals surface area contributed by atoms with Gasteiger partial charge in [-0.15, -0.1) is 0 Å². The van der Waals surface area contributed by atoms with Crippen molar-refractivity contribution in [3.8, 4) is 5.75 Å². The van der Waals surface area contributed by atoms with Crippen LogP contribution in [0.15, 0.2) is 47.7 Å². The first kappa shape index (κ1) is 21.6. The molecule has 7 heteroatoms. The smallest absolute Gasteiger partial charge is 0.274 e. The number of likely N-dealkylation sites (tertiary alicyclic amines) is 1. The standard InChI is InChI=1S/C26H31N5O2/c1-18-6-5-7-21(24(18)25(27-2)19-8-9-19)29-26(32)22-17-28-23-16-20(10-13-31(22)23)33-15-14-30-11-3-4-12-30/h5-7,10,13,16-17,19H,3-4,8-9,11-12,14-15H2,1-2H3,(H,29,32). The molecule has 1 amide bonds. The fourth-order valence-corrected chi connectivity index (χ4v) is 4.67. The van der Waals surface area contributed by atoms with E-state index < -0.39 is 0 Å². The Morgan fingerprint density at radius 2 is 2.06 bits per heavy atom. The van der Waals surface area contributed by atoms with E-state index >= 15 is 0 Å². The topological polar surface area (TPSA) is 71.2 Å². The maximum absolute atomic E-state index is 13.2. The molecule has 1 saturated carbocycles. The van der Waals surface area contributed by atoms with Crippen molar-refractivity contribution in [2.75, 3.05) is 38.6 Å². The quantitative estimate of drug-likeness (QED) is 0.528. The van der Waals surface area contributed by atoms with Crippen LogP contribution in [0, 0.1) is 12.8 Å². The van der Waals surface area contributed by atoms with Crippen molar-refractivity contribution >= 4 is 23.0 Å². The number of aliphatic imine (C=N–C) groups is 1. The van der Waals surface area contributed by atoms with Crippen molar-refractivity contribution < 1.29 is 9.53 Å². The number of aryl methyl sites for hydroxylation is 1. The first-order chi connectivity index (χ1) is 16.1. The highest BCUT2D eigenvalue weighted by molar-refractivity contribution is 6.13. The van der Waals surface area contributed by atoms with Crippen LogP contribution in [0.2, 0.25) is 0 Å². The van der Waals surface area contributed by atoms with E-state index in [1.54, 1.807) is 10.6 Å². The summed E-state index contributed by atoms with van der Waals surface area (Å²) in [5.41, 5.74) is 5.22. The lowest BCUT2D eigenvalue weighted by Crippen LogP contribution is -2.25. The van der Waals surface area contributed by atoms with Gasteiger partial charge >= 0.3 is 0 Å². The van der Waals surface area contributed by atoms with E-state index in [4.69, 9.17) is 4.74 Å². The molecule has 2 aromatic heterocycles. The summed E-state index contributed by atoms with van der Waals surface area (Å²) in [4.78, 5) is 24.6. The molecule has 0 atom stereocenters. The second kappa shape index (κ2) is 9.35. The summed E-state index contributed by atoms with van der Waals surface area (Å²) in [6.45, 7) is 5.99. The number of aromatic nitrogens is 2. The van der Waals surface area contributed by atoms with Crippen molar-refractivity contribution in [2.24, 2.45) is 10.9 Å². The Balaban J connectivity index is 1.32. The molecule has 33 heavy (non-hydrogen) atoms. The number of imidazole rings is 1. The molecule has 0 unspecified atom stereocenters. The van der Waals surface area contributed by atoms with Gasteiger partial charge in [-0.1, -0.05) is 12.1 Å². The van der Waals surface area contributed by atoms with Gasteiger partial charge in [0.1, 0.15) is 23.7 Å².